The predicted octanol–water partition coefficient (Wildman–Crippen LogP) is 5.12. The van der Waals surface area contributed by atoms with Crippen molar-refractivity contribution >= 4 is 17.7 Å². The van der Waals surface area contributed by atoms with Crippen molar-refractivity contribution in [2.75, 3.05) is 25.0 Å². The minimum Gasteiger partial charge on any atom is -0.444 e. The zero-order chi connectivity index (χ0) is 24.6. The van der Waals surface area contributed by atoms with E-state index in [9.17, 15) is 22.8 Å². The zero-order valence-corrected chi connectivity index (χ0v) is 19.2. The number of nitrogens with one attached hydrogen (secondary N) is 1. The third-order valence-electron chi connectivity index (χ3n) is 5.15. The number of piperidine rings is 1. The van der Waals surface area contributed by atoms with Gasteiger partial charge in [-0.05, 0) is 70.2 Å². The monoisotopic (exact) mass is 467 g/mol. The molecule has 1 saturated heterocycles. The molecule has 0 unspecified atom stereocenters. The summed E-state index contributed by atoms with van der Waals surface area (Å²) in [4.78, 5) is 26.2. The van der Waals surface area contributed by atoms with Crippen LogP contribution in [0.1, 0.15) is 45.6 Å². The topological polar surface area (TPSA) is 84.7 Å². The number of carbonyl (C=O) groups excluding carboxylic acids is 2. The number of hydrogen-bond donors (Lipinski definition) is 2. The lowest BCUT2D eigenvalue weighted by Gasteiger charge is -2.33. The molecule has 0 radical (unpaired) electrons. The summed E-state index contributed by atoms with van der Waals surface area (Å²) in [6.45, 7) is 6.81. The highest BCUT2D eigenvalue weighted by atomic mass is 19.4. The molecule has 1 aromatic rings. The van der Waals surface area contributed by atoms with E-state index in [0.29, 0.717) is 24.6 Å². The van der Waals surface area contributed by atoms with Gasteiger partial charge < -0.3 is 20.7 Å². The molecule has 0 bridgehead atoms. The summed E-state index contributed by atoms with van der Waals surface area (Å²) >= 11 is 0. The number of ether oxygens (including phenoxy) is 1. The maximum atomic E-state index is 12.6. The van der Waals surface area contributed by atoms with Crippen LogP contribution in [0.2, 0.25) is 0 Å². The number of benzene rings is 1. The van der Waals surface area contributed by atoms with Crippen molar-refractivity contribution in [2.24, 2.45) is 11.7 Å². The third-order valence-corrected chi connectivity index (χ3v) is 5.15. The van der Waals surface area contributed by atoms with E-state index in [2.05, 4.69) is 5.32 Å². The summed E-state index contributed by atoms with van der Waals surface area (Å²) in [5, 5.41) is 2.56. The second-order valence-electron chi connectivity index (χ2n) is 9.00. The van der Waals surface area contributed by atoms with Crippen LogP contribution in [-0.2, 0) is 15.7 Å². The first-order valence-corrected chi connectivity index (χ1v) is 10.9. The Morgan fingerprint density at radius 3 is 2.27 bits per heavy atom. The smallest absolute Gasteiger partial charge is 0.416 e. The molecule has 3 N–H and O–H groups in total. The van der Waals surface area contributed by atoms with Gasteiger partial charge in [-0.25, -0.2) is 4.79 Å². The van der Waals surface area contributed by atoms with Gasteiger partial charge in [-0.1, -0.05) is 18.2 Å². The molecule has 0 aliphatic carbocycles. The first-order valence-electron chi connectivity index (χ1n) is 10.9. The number of hydrogen-bond acceptors (Lipinski definition) is 4. The maximum absolute atomic E-state index is 12.6. The molecule has 6 nitrogen and oxygen atoms in total. The number of rotatable bonds is 6. The molecule has 9 heteroatoms. The highest BCUT2D eigenvalue weighted by Gasteiger charge is 2.30. The van der Waals surface area contributed by atoms with Gasteiger partial charge in [0, 0.05) is 30.9 Å². The Morgan fingerprint density at radius 2 is 1.76 bits per heavy atom. The summed E-state index contributed by atoms with van der Waals surface area (Å²) in [5.41, 5.74) is 4.93. The van der Waals surface area contributed by atoms with Crippen LogP contribution in [0.25, 0.3) is 0 Å². The van der Waals surface area contributed by atoms with Gasteiger partial charge in [0.25, 0.3) is 5.91 Å². The quantitative estimate of drug-likeness (QED) is 0.449. The molecule has 1 aliphatic rings. The van der Waals surface area contributed by atoms with Gasteiger partial charge in [0.1, 0.15) is 5.60 Å². The molecule has 2 rings (SSSR count). The van der Waals surface area contributed by atoms with Crippen molar-refractivity contribution in [3.63, 3.8) is 0 Å². The van der Waals surface area contributed by atoms with E-state index in [1.807, 2.05) is 26.8 Å². The highest BCUT2D eigenvalue weighted by molar-refractivity contribution is 6.04. The number of likely N-dealkylation sites (tertiary alicyclic amines) is 1. The lowest BCUT2D eigenvalue weighted by Crippen LogP contribution is -2.41. The van der Waals surface area contributed by atoms with Gasteiger partial charge >= 0.3 is 12.3 Å². The van der Waals surface area contributed by atoms with Crippen molar-refractivity contribution < 1.29 is 27.5 Å². The van der Waals surface area contributed by atoms with Gasteiger partial charge in [-0.15, -0.1) is 0 Å². The van der Waals surface area contributed by atoms with Crippen LogP contribution < -0.4 is 11.1 Å². The van der Waals surface area contributed by atoms with Crippen LogP contribution in [0.5, 0.6) is 0 Å². The molecule has 182 valence electrons. The van der Waals surface area contributed by atoms with Crippen LogP contribution in [0.4, 0.5) is 23.7 Å². The van der Waals surface area contributed by atoms with E-state index in [4.69, 9.17) is 10.5 Å². The lowest BCUT2D eigenvalue weighted by atomic mass is 9.93. The molecule has 1 heterocycles. The van der Waals surface area contributed by atoms with E-state index >= 15 is 0 Å². The maximum Gasteiger partial charge on any atom is 0.416 e. The fourth-order valence-electron chi connectivity index (χ4n) is 3.32. The van der Waals surface area contributed by atoms with E-state index < -0.39 is 23.2 Å². The Bertz CT molecular complexity index is 864. The zero-order valence-electron chi connectivity index (χ0n) is 19.2. The SMILES string of the molecule is CC(C)(C)OC(=O)N1CCC(CC=C/C=C(\CN)C(=O)Nc2ccc(C(F)(F)F)cc2)CC1. The molecule has 33 heavy (non-hydrogen) atoms. The minimum atomic E-state index is -4.43. The average molecular weight is 468 g/mol. The Kier molecular flexibility index (Phi) is 9.10. The van der Waals surface area contributed by atoms with Gasteiger partial charge in [0.05, 0.1) is 5.56 Å². The number of carbonyl (C=O) groups is 2. The van der Waals surface area contributed by atoms with Gasteiger partial charge in [0.15, 0.2) is 0 Å². The standard InChI is InChI=1S/C24H32F3N3O3/c1-23(2,3)33-22(32)30-14-12-17(13-15-30)6-4-5-7-18(16-28)21(31)29-20-10-8-19(9-11-20)24(25,26)27/h4-5,7-11,17H,6,12-16,28H2,1-3H3,(H,29,31)/b5-4?,18-7+. The third kappa shape index (κ3) is 8.92. The van der Waals surface area contributed by atoms with Crippen molar-refractivity contribution in [2.45, 2.75) is 51.8 Å². The summed E-state index contributed by atoms with van der Waals surface area (Å²) in [6, 6.07) is 4.23. The average Bonchev–Trinajstić information content (AvgIpc) is 2.72. The summed E-state index contributed by atoms with van der Waals surface area (Å²) in [6.07, 6.45) is 3.14. The number of halogens is 3. The Labute approximate surface area is 192 Å². The van der Waals surface area contributed by atoms with Gasteiger partial charge in [0.2, 0.25) is 0 Å². The molecule has 1 aromatic carbocycles. The molecule has 1 aliphatic heterocycles. The summed E-state index contributed by atoms with van der Waals surface area (Å²) in [5.74, 6) is -0.0387. The number of anilines is 1. The second-order valence-corrected chi connectivity index (χ2v) is 9.00. The number of alkyl halides is 3. The largest absolute Gasteiger partial charge is 0.444 e. The first-order chi connectivity index (χ1) is 15.4. The molecule has 0 spiro atoms. The Hall–Kier alpha value is -2.81. The van der Waals surface area contributed by atoms with E-state index in [1.165, 1.54) is 12.1 Å². The number of nitrogens with zero attached hydrogens (tertiary/aromatic N) is 1. The van der Waals surface area contributed by atoms with E-state index in [0.717, 1.165) is 31.4 Å². The summed E-state index contributed by atoms with van der Waals surface area (Å²) in [7, 11) is 0. The molecular formula is C24H32F3N3O3. The number of amides is 2. The lowest BCUT2D eigenvalue weighted by molar-refractivity contribution is -0.137. The normalized spacial score (nSPS) is 16.2. The molecule has 0 atom stereocenters. The van der Waals surface area contributed by atoms with Crippen molar-refractivity contribution in [1.82, 2.24) is 4.90 Å². The Morgan fingerprint density at radius 1 is 1.15 bits per heavy atom. The van der Waals surface area contributed by atoms with E-state index in [-0.39, 0.29) is 18.3 Å². The molecule has 0 saturated carbocycles. The Balaban J connectivity index is 1.82. The molecular weight excluding hydrogens is 435 g/mol. The van der Waals surface area contributed by atoms with Crippen LogP contribution in [0.15, 0.2) is 48.1 Å². The minimum absolute atomic E-state index is 0.00884. The fraction of sp³-hybridized carbons (Fsp3) is 0.500. The second kappa shape index (κ2) is 11.4. The van der Waals surface area contributed by atoms with Crippen LogP contribution in [0, 0.1) is 5.92 Å². The van der Waals surface area contributed by atoms with E-state index in [1.54, 1.807) is 17.1 Å². The van der Waals surface area contributed by atoms with Crippen molar-refractivity contribution in [3.05, 3.63) is 53.6 Å². The molecule has 1 fully saturated rings. The highest BCUT2D eigenvalue weighted by Crippen LogP contribution is 2.30. The van der Waals surface area contributed by atoms with Crippen LogP contribution >= 0.6 is 0 Å². The van der Waals surface area contributed by atoms with Crippen LogP contribution in [-0.4, -0.2) is 42.1 Å². The molecule has 2 amide bonds. The van der Waals surface area contributed by atoms with Crippen molar-refractivity contribution in [3.8, 4) is 0 Å². The van der Waals surface area contributed by atoms with Gasteiger partial charge in [-0.3, -0.25) is 4.79 Å². The number of allylic oxidation sites excluding steroid dienone is 3. The predicted molar refractivity (Wildman–Crippen MR) is 121 cm³/mol. The van der Waals surface area contributed by atoms with Crippen LogP contribution in [0.3, 0.4) is 0 Å². The van der Waals surface area contributed by atoms with Gasteiger partial charge in [-0.2, -0.15) is 13.2 Å². The summed E-state index contributed by atoms with van der Waals surface area (Å²) < 4.78 is 43.3. The molecule has 0 aromatic heterocycles. The fourth-order valence-corrected chi connectivity index (χ4v) is 3.32. The first kappa shape index (κ1) is 26.4. The number of nitrogens with two attached hydrogens (primary N) is 1. The van der Waals surface area contributed by atoms with Crippen molar-refractivity contribution in [1.29, 1.82) is 0 Å².